The second-order valence-electron chi connectivity index (χ2n) is 7.39. The number of carbonyl (C=O) groups is 1. The molecular weight excluding hydrogens is 434 g/mol. The highest BCUT2D eigenvalue weighted by atomic mass is 35.5. The second kappa shape index (κ2) is 9.72. The number of rotatable bonds is 6. The fraction of sp³-hybridized carbons (Fsp3) is 0.364. The summed E-state index contributed by atoms with van der Waals surface area (Å²) in [4.78, 5) is 28.0. The zero-order valence-corrected chi connectivity index (χ0v) is 19.0. The monoisotopic (exact) mass is 457 g/mol. The first-order valence-electron chi connectivity index (χ1n) is 10.3. The van der Waals surface area contributed by atoms with Gasteiger partial charge in [0, 0.05) is 24.0 Å². The number of amides is 1. The molecule has 3 aromatic rings. The fourth-order valence-corrected chi connectivity index (χ4v) is 4.16. The van der Waals surface area contributed by atoms with Crippen molar-refractivity contribution in [1.29, 1.82) is 0 Å². The first kappa shape index (κ1) is 21.7. The fourth-order valence-electron chi connectivity index (χ4n) is 3.27. The number of carbonyl (C=O) groups excluding carboxylic acids is 1. The molecule has 1 saturated heterocycles. The minimum atomic E-state index is -0.407. The SMILES string of the molecule is CC[C@H](C)c1ccc(-c2csc(NC(=O)c3nc(N4CCOCC4)ncc3Cl)n2)cc1. The highest BCUT2D eigenvalue weighted by molar-refractivity contribution is 7.14. The molecule has 0 unspecified atom stereocenters. The van der Waals surface area contributed by atoms with Gasteiger partial charge < -0.3 is 9.64 Å². The molecule has 1 atom stereocenters. The molecule has 0 spiro atoms. The van der Waals surface area contributed by atoms with Crippen molar-refractivity contribution >= 4 is 39.9 Å². The molecule has 1 fully saturated rings. The lowest BCUT2D eigenvalue weighted by Crippen LogP contribution is -2.37. The predicted octanol–water partition coefficient (Wildman–Crippen LogP) is 4.86. The quantitative estimate of drug-likeness (QED) is 0.569. The molecule has 7 nitrogen and oxygen atoms in total. The van der Waals surface area contributed by atoms with E-state index in [1.54, 1.807) is 0 Å². The Balaban J connectivity index is 1.48. The van der Waals surface area contributed by atoms with E-state index in [0.29, 0.717) is 43.3 Å². The van der Waals surface area contributed by atoms with Crippen LogP contribution >= 0.6 is 22.9 Å². The number of hydrogen-bond donors (Lipinski definition) is 1. The van der Waals surface area contributed by atoms with Crippen LogP contribution in [0.3, 0.4) is 0 Å². The van der Waals surface area contributed by atoms with Crippen LogP contribution in [0.4, 0.5) is 11.1 Å². The van der Waals surface area contributed by atoms with Crippen LogP contribution in [0.2, 0.25) is 5.02 Å². The first-order valence-corrected chi connectivity index (χ1v) is 11.5. The predicted molar refractivity (Wildman–Crippen MR) is 124 cm³/mol. The summed E-state index contributed by atoms with van der Waals surface area (Å²) < 4.78 is 5.35. The molecule has 0 saturated carbocycles. The molecule has 1 aliphatic rings. The molecule has 4 rings (SSSR count). The topological polar surface area (TPSA) is 80.2 Å². The number of morpholine rings is 1. The Labute approximate surface area is 190 Å². The van der Waals surface area contributed by atoms with E-state index in [0.717, 1.165) is 17.7 Å². The minimum absolute atomic E-state index is 0.132. The van der Waals surface area contributed by atoms with Gasteiger partial charge in [-0.3, -0.25) is 10.1 Å². The summed E-state index contributed by atoms with van der Waals surface area (Å²) in [6, 6.07) is 8.40. The number of nitrogens with one attached hydrogen (secondary N) is 1. The van der Waals surface area contributed by atoms with Crippen molar-refractivity contribution < 1.29 is 9.53 Å². The number of nitrogens with zero attached hydrogens (tertiary/aromatic N) is 4. The van der Waals surface area contributed by atoms with Gasteiger partial charge in [-0.1, -0.05) is 49.7 Å². The Bertz CT molecular complexity index is 1050. The average molecular weight is 458 g/mol. The largest absolute Gasteiger partial charge is 0.378 e. The van der Waals surface area contributed by atoms with Crippen LogP contribution in [-0.2, 0) is 4.74 Å². The number of anilines is 2. The first-order chi connectivity index (χ1) is 15.0. The van der Waals surface area contributed by atoms with E-state index in [-0.39, 0.29) is 10.7 Å². The molecule has 1 N–H and O–H groups in total. The molecule has 0 bridgehead atoms. The Hall–Kier alpha value is -2.55. The van der Waals surface area contributed by atoms with E-state index in [2.05, 4.69) is 58.4 Å². The average Bonchev–Trinajstić information content (AvgIpc) is 3.28. The third kappa shape index (κ3) is 5.03. The van der Waals surface area contributed by atoms with E-state index in [4.69, 9.17) is 16.3 Å². The number of hydrogen-bond acceptors (Lipinski definition) is 7. The van der Waals surface area contributed by atoms with Gasteiger partial charge in [0.2, 0.25) is 5.95 Å². The summed E-state index contributed by atoms with van der Waals surface area (Å²) in [5.41, 5.74) is 3.27. The van der Waals surface area contributed by atoms with Gasteiger partial charge in [0.05, 0.1) is 30.1 Å². The molecule has 9 heteroatoms. The van der Waals surface area contributed by atoms with E-state index < -0.39 is 5.91 Å². The van der Waals surface area contributed by atoms with E-state index >= 15 is 0 Å². The summed E-state index contributed by atoms with van der Waals surface area (Å²) >= 11 is 7.57. The zero-order chi connectivity index (χ0) is 21.8. The number of ether oxygens (including phenoxy) is 1. The van der Waals surface area contributed by atoms with Crippen molar-refractivity contribution in [2.75, 3.05) is 36.5 Å². The molecule has 2 aromatic heterocycles. The Kier molecular flexibility index (Phi) is 6.80. The van der Waals surface area contributed by atoms with Crippen molar-refractivity contribution in [1.82, 2.24) is 15.0 Å². The third-order valence-electron chi connectivity index (χ3n) is 5.35. The Morgan fingerprint density at radius 3 is 2.71 bits per heavy atom. The molecule has 31 heavy (non-hydrogen) atoms. The molecule has 1 aliphatic heterocycles. The van der Waals surface area contributed by atoms with Crippen molar-refractivity contribution in [3.05, 3.63) is 52.1 Å². The van der Waals surface area contributed by atoms with Crippen molar-refractivity contribution in [3.63, 3.8) is 0 Å². The number of aromatic nitrogens is 3. The standard InChI is InChI=1S/C22H24ClN5O2S/c1-3-14(2)15-4-6-16(7-5-15)18-13-31-22(25-18)27-20(29)19-17(23)12-24-21(26-19)28-8-10-30-11-9-28/h4-7,12-14H,3,8-11H2,1-2H3,(H,25,27,29)/t14-/m0/s1. The van der Waals surface area contributed by atoms with Crippen LogP contribution in [0.1, 0.15) is 42.2 Å². The Morgan fingerprint density at radius 2 is 2.00 bits per heavy atom. The van der Waals surface area contributed by atoms with Crippen molar-refractivity contribution in [2.24, 2.45) is 0 Å². The molecule has 3 heterocycles. The minimum Gasteiger partial charge on any atom is -0.378 e. The molecule has 0 radical (unpaired) electrons. The molecular formula is C22H24ClN5O2S. The summed E-state index contributed by atoms with van der Waals surface area (Å²) in [7, 11) is 0. The maximum atomic E-state index is 12.8. The van der Waals surface area contributed by atoms with E-state index in [1.165, 1.54) is 23.1 Å². The zero-order valence-electron chi connectivity index (χ0n) is 17.5. The smallest absolute Gasteiger partial charge is 0.277 e. The van der Waals surface area contributed by atoms with Gasteiger partial charge in [-0.05, 0) is 17.9 Å². The highest BCUT2D eigenvalue weighted by Gasteiger charge is 2.20. The van der Waals surface area contributed by atoms with E-state index in [9.17, 15) is 4.79 Å². The highest BCUT2D eigenvalue weighted by Crippen LogP contribution is 2.28. The maximum absolute atomic E-state index is 12.8. The Morgan fingerprint density at radius 1 is 1.26 bits per heavy atom. The van der Waals surface area contributed by atoms with Crippen LogP contribution in [-0.4, -0.2) is 47.2 Å². The number of halogens is 1. The summed E-state index contributed by atoms with van der Waals surface area (Å²) in [6.45, 7) is 6.96. The van der Waals surface area contributed by atoms with Crippen LogP contribution in [0.25, 0.3) is 11.3 Å². The van der Waals surface area contributed by atoms with Gasteiger partial charge in [-0.25, -0.2) is 15.0 Å². The van der Waals surface area contributed by atoms with Gasteiger partial charge in [0.15, 0.2) is 10.8 Å². The molecule has 0 aliphatic carbocycles. The molecule has 1 amide bonds. The van der Waals surface area contributed by atoms with Gasteiger partial charge in [-0.15, -0.1) is 11.3 Å². The second-order valence-corrected chi connectivity index (χ2v) is 8.65. The van der Waals surface area contributed by atoms with Crippen LogP contribution in [0.15, 0.2) is 35.8 Å². The van der Waals surface area contributed by atoms with Crippen LogP contribution in [0.5, 0.6) is 0 Å². The number of thiazole rings is 1. The van der Waals surface area contributed by atoms with Crippen molar-refractivity contribution in [3.8, 4) is 11.3 Å². The lowest BCUT2D eigenvalue weighted by molar-refractivity contribution is 0.102. The van der Waals surface area contributed by atoms with Gasteiger partial charge in [-0.2, -0.15) is 0 Å². The lowest BCUT2D eigenvalue weighted by Gasteiger charge is -2.26. The van der Waals surface area contributed by atoms with Crippen molar-refractivity contribution in [2.45, 2.75) is 26.2 Å². The van der Waals surface area contributed by atoms with Gasteiger partial charge in [0.25, 0.3) is 5.91 Å². The van der Waals surface area contributed by atoms with Gasteiger partial charge >= 0.3 is 0 Å². The van der Waals surface area contributed by atoms with Crippen LogP contribution in [0, 0.1) is 0 Å². The maximum Gasteiger partial charge on any atom is 0.277 e. The molecule has 1 aromatic carbocycles. The normalized spacial score (nSPS) is 15.0. The molecule has 162 valence electrons. The summed E-state index contributed by atoms with van der Waals surface area (Å²) in [5, 5.41) is 5.43. The lowest BCUT2D eigenvalue weighted by atomic mass is 9.97. The summed E-state index contributed by atoms with van der Waals surface area (Å²) in [5.74, 6) is 0.591. The summed E-state index contributed by atoms with van der Waals surface area (Å²) in [6.07, 6.45) is 2.56. The third-order valence-corrected chi connectivity index (χ3v) is 6.39. The van der Waals surface area contributed by atoms with Gasteiger partial charge in [0.1, 0.15) is 0 Å². The van der Waals surface area contributed by atoms with E-state index in [1.807, 2.05) is 10.3 Å². The number of benzene rings is 1. The van der Waals surface area contributed by atoms with Crippen LogP contribution < -0.4 is 10.2 Å².